The molecule has 0 bridgehead atoms. The highest BCUT2D eigenvalue weighted by Gasteiger charge is 2.23. The average Bonchev–Trinajstić information content (AvgIpc) is 2.98. The maximum absolute atomic E-state index is 12.6. The molecule has 146 valence electrons. The lowest BCUT2D eigenvalue weighted by molar-refractivity contribution is -0.141. The van der Waals surface area contributed by atoms with Crippen molar-refractivity contribution in [3.8, 4) is 5.69 Å². The molecular formula is C20H28N4O3. The highest BCUT2D eigenvalue weighted by atomic mass is 16.4. The number of carboxylic acids is 1. The van der Waals surface area contributed by atoms with E-state index in [0.717, 1.165) is 16.9 Å². The van der Waals surface area contributed by atoms with Gasteiger partial charge in [-0.2, -0.15) is 5.10 Å². The Balaban J connectivity index is 2.33. The van der Waals surface area contributed by atoms with E-state index >= 15 is 0 Å². The molecule has 1 aromatic heterocycles. The fourth-order valence-corrected chi connectivity index (χ4v) is 2.57. The molecule has 0 spiro atoms. The van der Waals surface area contributed by atoms with Gasteiger partial charge in [0.05, 0.1) is 17.3 Å². The molecule has 2 N–H and O–H groups in total. The predicted molar refractivity (Wildman–Crippen MR) is 105 cm³/mol. The predicted octanol–water partition coefficient (Wildman–Crippen LogP) is 3.66. The van der Waals surface area contributed by atoms with Crippen molar-refractivity contribution in [2.24, 2.45) is 5.92 Å². The van der Waals surface area contributed by atoms with E-state index < -0.39 is 11.9 Å². The third-order valence-electron chi connectivity index (χ3n) is 4.28. The summed E-state index contributed by atoms with van der Waals surface area (Å²) in [4.78, 5) is 25.0. The smallest absolute Gasteiger partial charge is 0.322 e. The maximum Gasteiger partial charge on any atom is 0.322 e. The number of anilines is 1. The summed E-state index contributed by atoms with van der Waals surface area (Å²) in [5.74, 6) is -1.03. The van der Waals surface area contributed by atoms with Gasteiger partial charge in [0, 0.05) is 25.1 Å². The second-order valence-electron chi connectivity index (χ2n) is 7.97. The fourth-order valence-electron chi connectivity index (χ4n) is 2.57. The number of hydrogen-bond acceptors (Lipinski definition) is 3. The lowest BCUT2D eigenvalue weighted by atomic mass is 9.92. The third kappa shape index (κ3) is 5.09. The summed E-state index contributed by atoms with van der Waals surface area (Å²) in [7, 11) is 1.58. The van der Waals surface area contributed by atoms with Gasteiger partial charge in [-0.25, -0.2) is 9.48 Å². The highest BCUT2D eigenvalue weighted by Crippen LogP contribution is 2.26. The van der Waals surface area contributed by atoms with E-state index in [1.54, 1.807) is 18.7 Å². The van der Waals surface area contributed by atoms with Gasteiger partial charge in [-0.3, -0.25) is 10.1 Å². The van der Waals surface area contributed by atoms with Gasteiger partial charge in [-0.15, -0.1) is 0 Å². The average molecular weight is 372 g/mol. The molecule has 2 aromatic rings. The number of benzene rings is 1. The molecule has 0 saturated heterocycles. The van der Waals surface area contributed by atoms with Crippen LogP contribution in [0.15, 0.2) is 30.3 Å². The molecule has 2 amide bonds. The van der Waals surface area contributed by atoms with E-state index in [0.29, 0.717) is 5.82 Å². The first-order valence-corrected chi connectivity index (χ1v) is 8.91. The van der Waals surface area contributed by atoms with E-state index in [2.05, 4.69) is 31.2 Å². The molecule has 1 unspecified atom stereocenters. The van der Waals surface area contributed by atoms with Crippen LogP contribution in [0.3, 0.4) is 0 Å². The van der Waals surface area contributed by atoms with Crippen molar-refractivity contribution in [2.45, 2.75) is 40.0 Å². The first kappa shape index (κ1) is 20.5. The molecule has 7 heteroatoms. The van der Waals surface area contributed by atoms with Crippen LogP contribution in [0.2, 0.25) is 0 Å². The molecule has 0 aliphatic rings. The van der Waals surface area contributed by atoms with Gasteiger partial charge in [0.25, 0.3) is 0 Å². The van der Waals surface area contributed by atoms with Crippen LogP contribution in [0.1, 0.15) is 39.0 Å². The number of rotatable bonds is 5. The molecule has 2 rings (SSSR count). The highest BCUT2D eigenvalue weighted by molar-refractivity contribution is 5.89. The largest absolute Gasteiger partial charge is 0.481 e. The van der Waals surface area contributed by atoms with Crippen LogP contribution < -0.4 is 5.32 Å². The van der Waals surface area contributed by atoms with Crippen LogP contribution in [0.4, 0.5) is 10.6 Å². The summed E-state index contributed by atoms with van der Waals surface area (Å²) in [5, 5.41) is 16.6. The van der Waals surface area contributed by atoms with E-state index in [9.17, 15) is 9.59 Å². The number of aliphatic carboxylic acids is 1. The molecule has 1 atom stereocenters. The summed E-state index contributed by atoms with van der Waals surface area (Å²) >= 11 is 0. The first-order chi connectivity index (χ1) is 12.5. The second kappa shape index (κ2) is 7.82. The fraction of sp³-hybridized carbons (Fsp3) is 0.450. The summed E-state index contributed by atoms with van der Waals surface area (Å²) < 4.78 is 1.71. The Hall–Kier alpha value is -2.83. The number of aromatic nitrogens is 2. The van der Waals surface area contributed by atoms with Gasteiger partial charge < -0.3 is 10.0 Å². The van der Waals surface area contributed by atoms with Crippen molar-refractivity contribution in [2.75, 3.05) is 18.9 Å². The molecule has 1 heterocycles. The summed E-state index contributed by atoms with van der Waals surface area (Å²) in [6.45, 7) is 9.86. The molecule has 0 radical (unpaired) electrons. The standard InChI is InChI=1S/C20H28N4O3/c1-13-8-7-9-15(10-13)24-17(11-16(22-24)20(3,4)5)21-19(27)23(6)12-14(2)18(25)26/h7-11,14H,12H2,1-6H3,(H,21,27)(H,25,26). The number of amides is 2. The van der Waals surface area contributed by atoms with Gasteiger partial charge in [0.15, 0.2) is 0 Å². The van der Waals surface area contributed by atoms with Gasteiger partial charge >= 0.3 is 12.0 Å². The molecule has 0 aliphatic heterocycles. The number of nitrogens with zero attached hydrogens (tertiary/aromatic N) is 3. The van der Waals surface area contributed by atoms with E-state index in [1.165, 1.54) is 4.90 Å². The summed E-state index contributed by atoms with van der Waals surface area (Å²) in [6, 6.07) is 9.34. The van der Waals surface area contributed by atoms with E-state index in [1.807, 2.05) is 37.3 Å². The van der Waals surface area contributed by atoms with Gasteiger partial charge in [0.1, 0.15) is 5.82 Å². The van der Waals surface area contributed by atoms with Crippen molar-refractivity contribution in [3.63, 3.8) is 0 Å². The number of urea groups is 1. The maximum atomic E-state index is 12.6. The number of hydrogen-bond donors (Lipinski definition) is 2. The van der Waals surface area contributed by atoms with Crippen LogP contribution in [-0.2, 0) is 10.2 Å². The quantitative estimate of drug-likeness (QED) is 0.838. The molecule has 1 aromatic carbocycles. The second-order valence-corrected chi connectivity index (χ2v) is 7.97. The molecule has 0 saturated carbocycles. The molecule has 0 aliphatic carbocycles. The summed E-state index contributed by atoms with van der Waals surface area (Å²) in [5.41, 5.74) is 2.60. The SMILES string of the molecule is Cc1cccc(-n2nc(C(C)(C)C)cc2NC(=O)N(C)CC(C)C(=O)O)c1. The number of carboxylic acid groups (broad SMARTS) is 1. The first-order valence-electron chi connectivity index (χ1n) is 8.91. The minimum absolute atomic E-state index is 0.117. The Bertz CT molecular complexity index is 836. The van der Waals surface area contributed by atoms with Crippen LogP contribution in [0.25, 0.3) is 5.69 Å². The Morgan fingerprint density at radius 3 is 2.52 bits per heavy atom. The zero-order chi connectivity index (χ0) is 20.4. The number of carbonyl (C=O) groups excluding carboxylic acids is 1. The number of nitrogens with one attached hydrogen (secondary N) is 1. The minimum Gasteiger partial charge on any atom is -0.481 e. The van der Waals surface area contributed by atoms with Gasteiger partial charge in [-0.05, 0) is 24.6 Å². The van der Waals surface area contributed by atoms with Crippen molar-refractivity contribution < 1.29 is 14.7 Å². The van der Waals surface area contributed by atoms with Crippen molar-refractivity contribution >= 4 is 17.8 Å². The zero-order valence-electron chi connectivity index (χ0n) is 16.8. The van der Waals surface area contributed by atoms with Crippen molar-refractivity contribution in [1.29, 1.82) is 0 Å². The molecule has 7 nitrogen and oxygen atoms in total. The van der Waals surface area contributed by atoms with Crippen molar-refractivity contribution in [3.05, 3.63) is 41.6 Å². The monoisotopic (exact) mass is 372 g/mol. The van der Waals surface area contributed by atoms with E-state index in [4.69, 9.17) is 5.11 Å². The summed E-state index contributed by atoms with van der Waals surface area (Å²) in [6.07, 6.45) is 0. The lowest BCUT2D eigenvalue weighted by Crippen LogP contribution is -2.37. The van der Waals surface area contributed by atoms with Crippen LogP contribution >= 0.6 is 0 Å². The van der Waals surface area contributed by atoms with Crippen LogP contribution in [-0.4, -0.2) is 45.4 Å². The zero-order valence-corrected chi connectivity index (χ0v) is 16.8. The third-order valence-corrected chi connectivity index (χ3v) is 4.28. The topological polar surface area (TPSA) is 87.5 Å². The van der Waals surface area contributed by atoms with Gasteiger partial charge in [-0.1, -0.05) is 39.8 Å². The van der Waals surface area contributed by atoms with Crippen molar-refractivity contribution in [1.82, 2.24) is 14.7 Å². The van der Waals surface area contributed by atoms with E-state index in [-0.39, 0.29) is 18.0 Å². The number of aryl methyl sites for hydroxylation is 1. The number of carbonyl (C=O) groups is 2. The Morgan fingerprint density at radius 2 is 1.96 bits per heavy atom. The Kier molecular flexibility index (Phi) is 5.93. The Labute approximate surface area is 160 Å². The minimum atomic E-state index is -0.936. The lowest BCUT2D eigenvalue weighted by Gasteiger charge is -2.20. The molecule has 0 fully saturated rings. The van der Waals surface area contributed by atoms with Crippen LogP contribution in [0, 0.1) is 12.8 Å². The normalized spacial score (nSPS) is 12.5. The molecular weight excluding hydrogens is 344 g/mol. The van der Waals surface area contributed by atoms with Crippen LogP contribution in [0.5, 0.6) is 0 Å². The van der Waals surface area contributed by atoms with Gasteiger partial charge in [0.2, 0.25) is 0 Å². The Morgan fingerprint density at radius 1 is 1.30 bits per heavy atom. The molecule has 27 heavy (non-hydrogen) atoms.